The summed E-state index contributed by atoms with van der Waals surface area (Å²) >= 11 is 0. The van der Waals surface area contributed by atoms with Crippen LogP contribution in [0.15, 0.2) is 47.1 Å². The number of amides is 1. The summed E-state index contributed by atoms with van der Waals surface area (Å²) in [5.74, 6) is 1.79. The molecule has 0 aliphatic carbocycles. The van der Waals surface area contributed by atoms with E-state index < -0.39 is 0 Å². The van der Waals surface area contributed by atoms with Crippen molar-refractivity contribution in [3.05, 3.63) is 54.0 Å². The molecule has 1 aromatic heterocycles. The van der Waals surface area contributed by atoms with E-state index in [-0.39, 0.29) is 18.3 Å². The largest absolute Gasteiger partial charge is 0.494 e. The van der Waals surface area contributed by atoms with Crippen LogP contribution in [0, 0.1) is 0 Å². The zero-order chi connectivity index (χ0) is 20.3. The summed E-state index contributed by atoms with van der Waals surface area (Å²) in [6, 6.07) is 12.7. The Kier molecular flexibility index (Phi) is 10.8. The van der Waals surface area contributed by atoms with Gasteiger partial charge in [-0.3, -0.25) is 9.69 Å². The van der Waals surface area contributed by atoms with E-state index in [0.717, 1.165) is 44.0 Å². The molecule has 0 bridgehead atoms. The highest BCUT2D eigenvalue weighted by atomic mass is 35.5. The van der Waals surface area contributed by atoms with Crippen LogP contribution in [0.2, 0.25) is 0 Å². The van der Waals surface area contributed by atoms with Gasteiger partial charge in [0.15, 0.2) is 0 Å². The van der Waals surface area contributed by atoms with E-state index in [2.05, 4.69) is 27.7 Å². The quantitative estimate of drug-likeness (QED) is 0.566. The molecule has 2 N–H and O–H groups in total. The monoisotopic (exact) mass is 435 g/mol. The fraction of sp³-hybridized carbons (Fsp3) is 0.522. The molecule has 1 amide bonds. The van der Waals surface area contributed by atoms with Crippen molar-refractivity contribution in [2.75, 3.05) is 33.3 Å². The molecule has 2 aromatic rings. The predicted octanol–water partition coefficient (Wildman–Crippen LogP) is 3.40. The standard InChI is InChI=1S/C23H33N3O3.ClH/c1-24-23(27)18-26(17-22-9-5-14-28-22)13-10-19-6-4-8-21(16-19)29-15-11-20-7-2-3-12-25-20;/h4-6,8-9,14,16,20,25H,2-3,7,10-13,15,17-18H2,1H3,(H,24,27);1H. The number of carbonyl (C=O) groups excluding carboxylic acids is 1. The molecule has 1 saturated heterocycles. The zero-order valence-electron chi connectivity index (χ0n) is 17.8. The first-order chi connectivity index (χ1) is 14.2. The number of piperidine rings is 1. The Morgan fingerprint density at radius 2 is 2.20 bits per heavy atom. The molecule has 0 saturated carbocycles. The predicted molar refractivity (Wildman–Crippen MR) is 121 cm³/mol. The van der Waals surface area contributed by atoms with Crippen molar-refractivity contribution in [1.29, 1.82) is 0 Å². The Bertz CT molecular complexity index is 733. The lowest BCUT2D eigenvalue weighted by atomic mass is 10.0. The number of hydrogen-bond acceptors (Lipinski definition) is 5. The van der Waals surface area contributed by atoms with Crippen molar-refractivity contribution in [2.24, 2.45) is 0 Å². The fourth-order valence-electron chi connectivity index (χ4n) is 3.69. The van der Waals surface area contributed by atoms with Gasteiger partial charge in [-0.1, -0.05) is 18.6 Å². The van der Waals surface area contributed by atoms with E-state index in [4.69, 9.17) is 9.15 Å². The highest BCUT2D eigenvalue weighted by molar-refractivity contribution is 5.85. The van der Waals surface area contributed by atoms with Gasteiger partial charge >= 0.3 is 0 Å². The van der Waals surface area contributed by atoms with Crippen molar-refractivity contribution in [1.82, 2.24) is 15.5 Å². The van der Waals surface area contributed by atoms with Crippen LogP contribution >= 0.6 is 12.4 Å². The summed E-state index contributed by atoms with van der Waals surface area (Å²) in [6.45, 7) is 3.60. The van der Waals surface area contributed by atoms with Gasteiger partial charge in [-0.25, -0.2) is 0 Å². The molecule has 0 spiro atoms. The van der Waals surface area contributed by atoms with Gasteiger partial charge in [0, 0.05) is 19.6 Å². The Morgan fingerprint density at radius 3 is 2.93 bits per heavy atom. The number of nitrogens with one attached hydrogen (secondary N) is 2. The van der Waals surface area contributed by atoms with Gasteiger partial charge in [-0.15, -0.1) is 12.4 Å². The third-order valence-corrected chi connectivity index (χ3v) is 5.37. The first kappa shape index (κ1) is 24.3. The van der Waals surface area contributed by atoms with Crippen LogP contribution in [0.3, 0.4) is 0 Å². The molecular weight excluding hydrogens is 402 g/mol. The summed E-state index contributed by atoms with van der Waals surface area (Å²) in [7, 11) is 1.66. The fourth-order valence-corrected chi connectivity index (χ4v) is 3.69. The van der Waals surface area contributed by atoms with E-state index in [0.29, 0.717) is 19.1 Å². The molecule has 1 aliphatic heterocycles. The highest BCUT2D eigenvalue weighted by Gasteiger charge is 2.13. The normalized spacial score (nSPS) is 16.1. The molecule has 30 heavy (non-hydrogen) atoms. The van der Waals surface area contributed by atoms with Crippen molar-refractivity contribution in [2.45, 2.75) is 44.7 Å². The van der Waals surface area contributed by atoms with Gasteiger partial charge in [0.25, 0.3) is 0 Å². The first-order valence-electron chi connectivity index (χ1n) is 10.6. The van der Waals surface area contributed by atoms with Crippen LogP contribution in [0.4, 0.5) is 0 Å². The third kappa shape index (κ3) is 8.38. The Hall–Kier alpha value is -2.02. The number of hydrogen-bond donors (Lipinski definition) is 2. The number of carbonyl (C=O) groups is 1. The summed E-state index contributed by atoms with van der Waals surface area (Å²) in [6.07, 6.45) is 7.41. The van der Waals surface area contributed by atoms with E-state index in [1.165, 1.54) is 24.8 Å². The summed E-state index contributed by atoms with van der Waals surface area (Å²) < 4.78 is 11.4. The van der Waals surface area contributed by atoms with E-state index in [9.17, 15) is 4.79 Å². The molecule has 0 radical (unpaired) electrons. The molecule has 1 unspecified atom stereocenters. The maximum atomic E-state index is 11.9. The number of halogens is 1. The molecule has 1 fully saturated rings. The maximum Gasteiger partial charge on any atom is 0.233 e. The Labute approximate surface area is 185 Å². The number of likely N-dealkylation sites (N-methyl/N-ethyl adjacent to an activating group) is 1. The van der Waals surface area contributed by atoms with E-state index >= 15 is 0 Å². The number of rotatable bonds is 11. The molecule has 1 aromatic carbocycles. The minimum Gasteiger partial charge on any atom is -0.494 e. The van der Waals surface area contributed by atoms with Crippen LogP contribution in [-0.4, -0.2) is 50.1 Å². The van der Waals surface area contributed by atoms with E-state index in [1.54, 1.807) is 13.3 Å². The molecule has 2 heterocycles. The number of benzene rings is 1. The summed E-state index contributed by atoms with van der Waals surface area (Å²) in [5.41, 5.74) is 1.21. The molecule has 1 atom stereocenters. The van der Waals surface area contributed by atoms with Crippen LogP contribution in [0.1, 0.15) is 37.0 Å². The second-order valence-corrected chi connectivity index (χ2v) is 7.64. The van der Waals surface area contributed by atoms with Gasteiger partial charge in [0.2, 0.25) is 5.91 Å². The van der Waals surface area contributed by atoms with Gasteiger partial charge in [0.1, 0.15) is 11.5 Å². The molecule has 3 rings (SSSR count). The van der Waals surface area contributed by atoms with Crippen LogP contribution < -0.4 is 15.4 Å². The molecule has 6 nitrogen and oxygen atoms in total. The van der Waals surface area contributed by atoms with Crippen molar-refractivity contribution in [3.8, 4) is 5.75 Å². The van der Waals surface area contributed by atoms with Gasteiger partial charge in [-0.05, 0) is 62.1 Å². The van der Waals surface area contributed by atoms with Gasteiger partial charge in [0.05, 0.1) is 26.0 Å². The number of ether oxygens (including phenoxy) is 1. The van der Waals surface area contributed by atoms with Gasteiger partial charge < -0.3 is 19.8 Å². The molecule has 1 aliphatic rings. The minimum atomic E-state index is 0. The second-order valence-electron chi connectivity index (χ2n) is 7.64. The average Bonchev–Trinajstić information content (AvgIpc) is 3.26. The van der Waals surface area contributed by atoms with Crippen molar-refractivity contribution < 1.29 is 13.9 Å². The van der Waals surface area contributed by atoms with Crippen LogP contribution in [0.5, 0.6) is 5.75 Å². The van der Waals surface area contributed by atoms with Crippen molar-refractivity contribution >= 4 is 18.3 Å². The summed E-state index contributed by atoms with van der Waals surface area (Å²) in [5, 5.41) is 6.26. The van der Waals surface area contributed by atoms with Gasteiger partial charge in [-0.2, -0.15) is 0 Å². The second kappa shape index (κ2) is 13.3. The zero-order valence-corrected chi connectivity index (χ0v) is 18.6. The lowest BCUT2D eigenvalue weighted by molar-refractivity contribution is -0.121. The van der Waals surface area contributed by atoms with E-state index in [1.807, 2.05) is 24.3 Å². The smallest absolute Gasteiger partial charge is 0.233 e. The lowest BCUT2D eigenvalue weighted by Gasteiger charge is -2.23. The minimum absolute atomic E-state index is 0. The number of furan rings is 1. The van der Waals surface area contributed by atoms with Crippen LogP contribution in [-0.2, 0) is 17.8 Å². The Morgan fingerprint density at radius 1 is 1.30 bits per heavy atom. The SMILES string of the molecule is CNC(=O)CN(CCc1cccc(OCCC2CCCCN2)c1)Cc1ccco1.Cl. The average molecular weight is 436 g/mol. The third-order valence-electron chi connectivity index (χ3n) is 5.37. The topological polar surface area (TPSA) is 66.7 Å². The molecule has 166 valence electrons. The lowest BCUT2D eigenvalue weighted by Crippen LogP contribution is -2.36. The van der Waals surface area contributed by atoms with Crippen LogP contribution in [0.25, 0.3) is 0 Å². The first-order valence-corrected chi connectivity index (χ1v) is 10.6. The maximum absolute atomic E-state index is 11.9. The molecular formula is C23H34ClN3O3. The highest BCUT2D eigenvalue weighted by Crippen LogP contribution is 2.16. The molecule has 7 heteroatoms. The number of nitrogens with zero attached hydrogens (tertiary/aromatic N) is 1. The van der Waals surface area contributed by atoms with Crippen molar-refractivity contribution in [3.63, 3.8) is 0 Å². The summed E-state index contributed by atoms with van der Waals surface area (Å²) in [4.78, 5) is 14.0. The Balaban J connectivity index is 0.00000320.